The van der Waals surface area contributed by atoms with Crippen LogP contribution >= 0.6 is 0 Å². The van der Waals surface area contributed by atoms with Crippen molar-refractivity contribution in [3.63, 3.8) is 0 Å². The first-order valence-electron chi connectivity index (χ1n) is 6.35. The number of ketones is 1. The van der Waals surface area contributed by atoms with Crippen LogP contribution in [0.2, 0.25) is 0 Å². The number of amides is 1. The number of anilines is 2. The van der Waals surface area contributed by atoms with Crippen LogP contribution in [0.4, 0.5) is 11.4 Å². The number of nitrogens with one attached hydrogen (secondary N) is 2. The lowest BCUT2D eigenvalue weighted by atomic mass is 10.1. The second-order valence-corrected chi connectivity index (χ2v) is 4.40. The van der Waals surface area contributed by atoms with E-state index in [0.29, 0.717) is 11.3 Å². The molecule has 4 heteroatoms. The van der Waals surface area contributed by atoms with Crippen LogP contribution in [0.1, 0.15) is 17.3 Å². The molecule has 20 heavy (non-hydrogen) atoms. The molecule has 0 heterocycles. The molecule has 2 aromatic rings. The van der Waals surface area contributed by atoms with Gasteiger partial charge in [-0.3, -0.25) is 9.59 Å². The highest BCUT2D eigenvalue weighted by atomic mass is 16.2. The zero-order valence-electron chi connectivity index (χ0n) is 11.2. The van der Waals surface area contributed by atoms with Crippen molar-refractivity contribution in [1.82, 2.24) is 0 Å². The number of rotatable bonds is 5. The third-order valence-electron chi connectivity index (χ3n) is 2.78. The van der Waals surface area contributed by atoms with Crippen molar-refractivity contribution in [3.05, 3.63) is 60.2 Å². The summed E-state index contributed by atoms with van der Waals surface area (Å²) in [5, 5.41) is 5.78. The van der Waals surface area contributed by atoms with Gasteiger partial charge in [0.25, 0.3) is 0 Å². The van der Waals surface area contributed by atoms with E-state index in [9.17, 15) is 9.59 Å². The van der Waals surface area contributed by atoms with Gasteiger partial charge in [-0.25, -0.2) is 0 Å². The van der Waals surface area contributed by atoms with E-state index in [1.165, 1.54) is 6.92 Å². The minimum atomic E-state index is -0.158. The summed E-state index contributed by atoms with van der Waals surface area (Å²) in [4.78, 5) is 23.1. The third kappa shape index (κ3) is 3.95. The molecule has 2 aromatic carbocycles. The predicted octanol–water partition coefficient (Wildman–Crippen LogP) is 2.94. The van der Waals surface area contributed by atoms with Crippen LogP contribution in [0.5, 0.6) is 0 Å². The highest BCUT2D eigenvalue weighted by Crippen LogP contribution is 2.11. The Kier molecular flexibility index (Phi) is 4.50. The zero-order chi connectivity index (χ0) is 14.4. The number of carbonyl (C=O) groups is 2. The summed E-state index contributed by atoms with van der Waals surface area (Å²) in [5.41, 5.74) is 2.09. The summed E-state index contributed by atoms with van der Waals surface area (Å²) in [6.07, 6.45) is 0. The smallest absolute Gasteiger partial charge is 0.243 e. The predicted molar refractivity (Wildman–Crippen MR) is 80.0 cm³/mol. The fourth-order valence-electron chi connectivity index (χ4n) is 1.76. The van der Waals surface area contributed by atoms with E-state index < -0.39 is 0 Å². The van der Waals surface area contributed by atoms with Crippen LogP contribution in [0.15, 0.2) is 54.6 Å². The van der Waals surface area contributed by atoms with Crippen LogP contribution in [-0.2, 0) is 4.79 Å². The quantitative estimate of drug-likeness (QED) is 0.820. The zero-order valence-corrected chi connectivity index (χ0v) is 11.2. The number of benzene rings is 2. The molecular weight excluding hydrogens is 252 g/mol. The maximum atomic E-state index is 11.8. The van der Waals surface area contributed by atoms with Gasteiger partial charge in [0.05, 0.1) is 6.54 Å². The minimum absolute atomic E-state index is 0.0245. The average molecular weight is 268 g/mol. The first kappa shape index (κ1) is 13.8. The molecule has 0 spiro atoms. The average Bonchev–Trinajstić information content (AvgIpc) is 2.46. The Bertz CT molecular complexity index is 609. The van der Waals surface area contributed by atoms with Crippen molar-refractivity contribution in [3.8, 4) is 0 Å². The summed E-state index contributed by atoms with van der Waals surface area (Å²) in [6.45, 7) is 1.67. The normalized spacial score (nSPS) is 9.85. The molecule has 0 aromatic heterocycles. The van der Waals surface area contributed by atoms with Gasteiger partial charge in [-0.2, -0.15) is 0 Å². The van der Waals surface area contributed by atoms with E-state index in [2.05, 4.69) is 10.6 Å². The molecule has 0 saturated carbocycles. The van der Waals surface area contributed by atoms with Crippen molar-refractivity contribution in [2.75, 3.05) is 17.2 Å². The van der Waals surface area contributed by atoms with Gasteiger partial charge in [0.2, 0.25) is 5.91 Å². The number of hydrogen-bond acceptors (Lipinski definition) is 3. The summed E-state index contributed by atoms with van der Waals surface area (Å²) in [5.74, 6) is -0.182. The van der Waals surface area contributed by atoms with Gasteiger partial charge in [0.15, 0.2) is 5.78 Å². The highest BCUT2D eigenvalue weighted by molar-refractivity contribution is 5.98. The fourth-order valence-corrected chi connectivity index (χ4v) is 1.76. The fraction of sp³-hybridized carbons (Fsp3) is 0.125. The molecule has 0 aliphatic rings. The second kappa shape index (κ2) is 6.52. The molecule has 2 N–H and O–H groups in total. The van der Waals surface area contributed by atoms with Crippen LogP contribution < -0.4 is 10.6 Å². The van der Waals surface area contributed by atoms with Crippen LogP contribution in [0.3, 0.4) is 0 Å². The second-order valence-electron chi connectivity index (χ2n) is 4.40. The van der Waals surface area contributed by atoms with Gasteiger partial charge in [-0.05, 0) is 31.2 Å². The molecule has 0 radical (unpaired) electrons. The Labute approximate surface area is 117 Å². The standard InChI is InChI=1S/C16H16N2O2/c1-12(19)13-6-5-9-15(10-13)18-16(20)11-17-14-7-3-2-4-8-14/h2-10,17H,11H2,1H3,(H,18,20). The van der Waals surface area contributed by atoms with Gasteiger partial charge in [0, 0.05) is 16.9 Å². The molecule has 102 valence electrons. The Hall–Kier alpha value is -2.62. The minimum Gasteiger partial charge on any atom is -0.376 e. The monoisotopic (exact) mass is 268 g/mol. The summed E-state index contributed by atoms with van der Waals surface area (Å²) in [7, 11) is 0. The summed E-state index contributed by atoms with van der Waals surface area (Å²) < 4.78 is 0. The molecule has 0 aliphatic heterocycles. The molecule has 0 unspecified atom stereocenters. The van der Waals surface area contributed by atoms with E-state index >= 15 is 0 Å². The largest absolute Gasteiger partial charge is 0.376 e. The van der Waals surface area contributed by atoms with Crippen LogP contribution in [0.25, 0.3) is 0 Å². The number of carbonyl (C=O) groups excluding carboxylic acids is 2. The van der Waals surface area contributed by atoms with E-state index in [4.69, 9.17) is 0 Å². The molecule has 0 aliphatic carbocycles. The first-order chi connectivity index (χ1) is 9.65. The highest BCUT2D eigenvalue weighted by Gasteiger charge is 2.04. The SMILES string of the molecule is CC(=O)c1cccc(NC(=O)CNc2ccccc2)c1. The van der Waals surface area contributed by atoms with E-state index in [1.54, 1.807) is 24.3 Å². The molecule has 4 nitrogen and oxygen atoms in total. The van der Waals surface area contributed by atoms with Crippen molar-refractivity contribution in [2.45, 2.75) is 6.92 Å². The number of para-hydroxylation sites is 1. The number of Topliss-reactive ketones (excluding diaryl/α,β-unsaturated/α-hetero) is 1. The topological polar surface area (TPSA) is 58.2 Å². The van der Waals surface area contributed by atoms with Gasteiger partial charge < -0.3 is 10.6 Å². The van der Waals surface area contributed by atoms with Gasteiger partial charge in [0.1, 0.15) is 0 Å². The Balaban J connectivity index is 1.91. The van der Waals surface area contributed by atoms with Crippen LogP contribution in [0, 0.1) is 0 Å². The molecule has 2 rings (SSSR count). The maximum Gasteiger partial charge on any atom is 0.243 e. The third-order valence-corrected chi connectivity index (χ3v) is 2.78. The summed E-state index contributed by atoms with van der Waals surface area (Å²) >= 11 is 0. The van der Waals surface area contributed by atoms with E-state index in [1.807, 2.05) is 30.3 Å². The van der Waals surface area contributed by atoms with Gasteiger partial charge >= 0.3 is 0 Å². The lowest BCUT2D eigenvalue weighted by Gasteiger charge is -2.08. The van der Waals surface area contributed by atoms with Crippen molar-refractivity contribution in [1.29, 1.82) is 0 Å². The maximum absolute atomic E-state index is 11.8. The molecule has 0 atom stereocenters. The van der Waals surface area contributed by atoms with Crippen LogP contribution in [-0.4, -0.2) is 18.2 Å². The molecule has 1 amide bonds. The Morgan fingerprint density at radius 1 is 0.950 bits per heavy atom. The Morgan fingerprint density at radius 2 is 1.65 bits per heavy atom. The van der Waals surface area contributed by atoms with Crippen molar-refractivity contribution in [2.24, 2.45) is 0 Å². The molecule has 0 fully saturated rings. The van der Waals surface area contributed by atoms with Gasteiger partial charge in [-0.15, -0.1) is 0 Å². The van der Waals surface area contributed by atoms with E-state index in [0.717, 1.165) is 5.69 Å². The summed E-state index contributed by atoms with van der Waals surface area (Å²) in [6, 6.07) is 16.4. The van der Waals surface area contributed by atoms with Gasteiger partial charge in [-0.1, -0.05) is 30.3 Å². The Morgan fingerprint density at radius 3 is 2.35 bits per heavy atom. The van der Waals surface area contributed by atoms with Crippen molar-refractivity contribution >= 4 is 23.1 Å². The lowest BCUT2D eigenvalue weighted by Crippen LogP contribution is -2.21. The van der Waals surface area contributed by atoms with E-state index in [-0.39, 0.29) is 18.2 Å². The number of hydrogen-bond donors (Lipinski definition) is 2. The molecule has 0 bridgehead atoms. The molecule has 0 saturated heterocycles. The molecular formula is C16H16N2O2. The lowest BCUT2D eigenvalue weighted by molar-refractivity contribution is -0.114. The first-order valence-corrected chi connectivity index (χ1v) is 6.35. The van der Waals surface area contributed by atoms with Crippen molar-refractivity contribution < 1.29 is 9.59 Å².